The molecule has 3 aromatic heterocycles. The van der Waals surface area contributed by atoms with E-state index in [1.165, 1.54) is 18.2 Å². The molecule has 9 nitrogen and oxygen atoms in total. The van der Waals surface area contributed by atoms with Gasteiger partial charge in [-0.1, -0.05) is 11.6 Å². The minimum Gasteiger partial charge on any atom is -0.449 e. The molecule has 0 unspecified atom stereocenters. The molecule has 1 aromatic carbocycles. The maximum Gasteiger partial charge on any atom is 0.437 e. The number of benzene rings is 1. The third-order valence-electron chi connectivity index (χ3n) is 4.68. The molecule has 0 saturated carbocycles. The fourth-order valence-electron chi connectivity index (χ4n) is 3.11. The number of rotatable bonds is 5. The summed E-state index contributed by atoms with van der Waals surface area (Å²) in [7, 11) is 0. The van der Waals surface area contributed by atoms with Crippen molar-refractivity contribution in [1.82, 2.24) is 24.7 Å². The lowest BCUT2D eigenvalue weighted by Gasteiger charge is -2.15. The van der Waals surface area contributed by atoms with Crippen LogP contribution in [0.2, 0.25) is 5.02 Å². The highest BCUT2D eigenvalue weighted by molar-refractivity contribution is 6.30. The van der Waals surface area contributed by atoms with Crippen molar-refractivity contribution in [3.05, 3.63) is 97.4 Å². The van der Waals surface area contributed by atoms with Crippen LogP contribution in [0.5, 0.6) is 11.5 Å². The predicted octanol–water partition coefficient (Wildman–Crippen LogP) is 3.91. The first kappa shape index (κ1) is 24.6. The van der Waals surface area contributed by atoms with Crippen LogP contribution in [0.15, 0.2) is 58.5 Å². The molecule has 0 aliphatic carbocycles. The summed E-state index contributed by atoms with van der Waals surface area (Å²) in [5.41, 5.74) is -3.31. The van der Waals surface area contributed by atoms with Gasteiger partial charge in [0.05, 0.1) is 47.7 Å². The van der Waals surface area contributed by atoms with Gasteiger partial charge in [0.25, 0.3) is 11.1 Å². The zero-order valence-electron chi connectivity index (χ0n) is 17.7. The molecule has 4 aromatic rings. The molecule has 0 bridgehead atoms. The molecule has 0 amide bonds. The van der Waals surface area contributed by atoms with Crippen molar-refractivity contribution in [1.29, 1.82) is 5.26 Å². The van der Waals surface area contributed by atoms with Crippen molar-refractivity contribution in [2.75, 3.05) is 0 Å². The first-order valence-corrected chi connectivity index (χ1v) is 10.2. The highest BCUT2D eigenvalue weighted by Gasteiger charge is 2.38. The summed E-state index contributed by atoms with van der Waals surface area (Å²) in [6.07, 6.45) is -3.49. The van der Waals surface area contributed by atoms with Gasteiger partial charge in [0.2, 0.25) is 5.75 Å². The van der Waals surface area contributed by atoms with Crippen molar-refractivity contribution in [2.24, 2.45) is 0 Å². The maximum absolute atomic E-state index is 13.6. The first-order chi connectivity index (χ1) is 17.0. The third kappa shape index (κ3) is 5.23. The second kappa shape index (κ2) is 9.59. The van der Waals surface area contributed by atoms with E-state index in [4.69, 9.17) is 21.6 Å². The molecule has 0 aliphatic heterocycles. The third-order valence-corrected chi connectivity index (χ3v) is 4.90. The minimum atomic E-state index is -5.04. The molecule has 182 valence electrons. The average molecular weight is 519 g/mol. The van der Waals surface area contributed by atoms with E-state index in [0.29, 0.717) is 6.33 Å². The quantitative estimate of drug-likeness (QED) is 0.397. The van der Waals surface area contributed by atoms with E-state index in [0.717, 1.165) is 29.0 Å². The van der Waals surface area contributed by atoms with E-state index in [9.17, 15) is 27.2 Å². The van der Waals surface area contributed by atoms with E-state index in [2.05, 4.69) is 20.2 Å². The number of nitrogens with one attached hydrogen (secondary N) is 1. The molecule has 1 N–H and O–H groups in total. The Labute approximate surface area is 203 Å². The van der Waals surface area contributed by atoms with Crippen molar-refractivity contribution in [3.8, 4) is 28.8 Å². The smallest absolute Gasteiger partial charge is 0.437 e. The maximum atomic E-state index is 13.6. The number of ether oxygens (including phenoxy) is 1. The van der Waals surface area contributed by atoms with Crippen LogP contribution in [0, 0.1) is 17.1 Å². The molecular formula is C22H11ClF4N6O3. The van der Waals surface area contributed by atoms with Crippen LogP contribution >= 0.6 is 11.6 Å². The lowest BCUT2D eigenvalue weighted by Crippen LogP contribution is -2.27. The van der Waals surface area contributed by atoms with Crippen molar-refractivity contribution >= 4 is 11.6 Å². The highest BCUT2D eigenvalue weighted by atomic mass is 35.5. The van der Waals surface area contributed by atoms with Crippen LogP contribution in [-0.2, 0) is 12.7 Å². The van der Waals surface area contributed by atoms with Crippen LogP contribution in [-0.4, -0.2) is 24.7 Å². The SMILES string of the molecule is N#Cc1cc(Cl)cc(Oc2c(C(F)(F)F)ncn(Cc3cc(-c4ccc(F)cn4)c(=O)[nH]n3)c2=O)c1. The van der Waals surface area contributed by atoms with Gasteiger partial charge < -0.3 is 4.74 Å². The van der Waals surface area contributed by atoms with E-state index < -0.39 is 41.1 Å². The van der Waals surface area contributed by atoms with Crippen molar-refractivity contribution in [3.63, 3.8) is 0 Å². The zero-order valence-corrected chi connectivity index (χ0v) is 18.4. The van der Waals surface area contributed by atoms with Crippen LogP contribution < -0.4 is 15.9 Å². The van der Waals surface area contributed by atoms with Crippen molar-refractivity contribution in [2.45, 2.75) is 12.7 Å². The molecular weight excluding hydrogens is 508 g/mol. The largest absolute Gasteiger partial charge is 0.449 e. The van der Waals surface area contributed by atoms with Crippen LogP contribution in [0.4, 0.5) is 17.6 Å². The van der Waals surface area contributed by atoms with Gasteiger partial charge in [0, 0.05) is 5.02 Å². The summed E-state index contributed by atoms with van der Waals surface area (Å²) < 4.78 is 59.9. The number of halogens is 5. The Morgan fingerprint density at radius 2 is 1.92 bits per heavy atom. The van der Waals surface area contributed by atoms with Gasteiger partial charge >= 0.3 is 6.18 Å². The van der Waals surface area contributed by atoms with Gasteiger partial charge in [-0.25, -0.2) is 14.5 Å². The van der Waals surface area contributed by atoms with E-state index in [-0.39, 0.29) is 33.3 Å². The van der Waals surface area contributed by atoms with Crippen LogP contribution in [0.25, 0.3) is 11.3 Å². The molecule has 0 fully saturated rings. The van der Waals surface area contributed by atoms with Gasteiger partial charge in [0.15, 0.2) is 5.69 Å². The Kier molecular flexibility index (Phi) is 6.54. The first-order valence-electron chi connectivity index (χ1n) is 9.81. The van der Waals surface area contributed by atoms with E-state index in [1.54, 1.807) is 6.07 Å². The zero-order chi connectivity index (χ0) is 26.0. The minimum absolute atomic E-state index is 0.00111. The molecule has 0 atom stereocenters. The summed E-state index contributed by atoms with van der Waals surface area (Å²) in [5, 5.41) is 15.1. The normalized spacial score (nSPS) is 11.2. The second-order valence-corrected chi connectivity index (χ2v) is 7.64. The number of H-pyrrole nitrogens is 1. The lowest BCUT2D eigenvalue weighted by molar-refractivity contribution is -0.142. The Bertz CT molecular complexity index is 1610. The number of hydrogen-bond acceptors (Lipinski definition) is 7. The number of aromatic nitrogens is 5. The highest BCUT2D eigenvalue weighted by Crippen LogP contribution is 2.35. The molecule has 14 heteroatoms. The van der Waals surface area contributed by atoms with Gasteiger partial charge in [-0.15, -0.1) is 0 Å². The molecule has 36 heavy (non-hydrogen) atoms. The van der Waals surface area contributed by atoms with E-state index >= 15 is 0 Å². The number of alkyl halides is 3. The Morgan fingerprint density at radius 1 is 1.14 bits per heavy atom. The lowest BCUT2D eigenvalue weighted by atomic mass is 10.1. The van der Waals surface area contributed by atoms with Crippen molar-refractivity contribution < 1.29 is 22.3 Å². The summed E-state index contributed by atoms with van der Waals surface area (Å²) in [5.74, 6) is -2.06. The number of nitrogens with zero attached hydrogens (tertiary/aromatic N) is 5. The summed E-state index contributed by atoms with van der Waals surface area (Å²) in [4.78, 5) is 32.3. The van der Waals surface area contributed by atoms with Gasteiger partial charge in [0.1, 0.15) is 11.6 Å². The van der Waals surface area contributed by atoms with Gasteiger partial charge in [-0.2, -0.15) is 23.5 Å². The standard InChI is InChI=1S/C22H11ClF4N6O3/c23-12-3-11(7-28)4-15(5-12)36-18-19(22(25,26)27)30-10-33(21(18)35)9-14-6-16(20(34)32-31-14)17-2-1-13(24)8-29-17/h1-6,8,10H,9H2,(H,32,34). The topological polar surface area (TPSA) is 127 Å². The van der Waals surface area contributed by atoms with Gasteiger partial charge in [-0.05, 0) is 36.4 Å². The molecule has 0 spiro atoms. The summed E-state index contributed by atoms with van der Waals surface area (Å²) >= 11 is 5.87. The molecule has 4 rings (SSSR count). The predicted molar refractivity (Wildman–Crippen MR) is 117 cm³/mol. The second-order valence-electron chi connectivity index (χ2n) is 7.21. The molecule has 3 heterocycles. The molecule has 0 radical (unpaired) electrons. The average Bonchev–Trinajstić information content (AvgIpc) is 2.82. The number of nitriles is 1. The monoisotopic (exact) mass is 518 g/mol. The van der Waals surface area contributed by atoms with Crippen LogP contribution in [0.1, 0.15) is 17.0 Å². The number of hydrogen-bond donors (Lipinski definition) is 1. The Hall–Kier alpha value is -4.57. The van der Waals surface area contributed by atoms with Gasteiger partial charge in [-0.3, -0.25) is 19.1 Å². The van der Waals surface area contributed by atoms with E-state index in [1.807, 2.05) is 0 Å². The number of aromatic amines is 1. The fourth-order valence-corrected chi connectivity index (χ4v) is 3.33. The number of pyridine rings is 1. The molecule has 0 saturated heterocycles. The van der Waals surface area contributed by atoms with Crippen LogP contribution in [0.3, 0.4) is 0 Å². The molecule has 0 aliphatic rings. The summed E-state index contributed by atoms with van der Waals surface area (Å²) in [6.45, 7) is -0.412. The Morgan fingerprint density at radius 3 is 2.58 bits per heavy atom. The fraction of sp³-hybridized carbons (Fsp3) is 0.0909. The summed E-state index contributed by atoms with van der Waals surface area (Å²) in [6, 6.07) is 8.86. The Balaban J connectivity index is 1.76.